The normalized spacial score (nSPS) is 22.1. The van der Waals surface area contributed by atoms with E-state index in [0.717, 1.165) is 32.8 Å². The first-order valence-corrected chi connectivity index (χ1v) is 8.18. The molecule has 0 amide bonds. The molecule has 0 aliphatic carbocycles. The molecule has 19 heavy (non-hydrogen) atoms. The van der Waals surface area contributed by atoms with Gasteiger partial charge in [0.15, 0.2) is 0 Å². The highest BCUT2D eigenvalue weighted by molar-refractivity contribution is 4.67. The number of ether oxygens (including phenoxy) is 1. The van der Waals surface area contributed by atoms with Gasteiger partial charge in [0.2, 0.25) is 0 Å². The highest BCUT2D eigenvalue weighted by Gasteiger charge is 2.10. The van der Waals surface area contributed by atoms with Crippen molar-refractivity contribution in [1.29, 1.82) is 0 Å². The van der Waals surface area contributed by atoms with Crippen molar-refractivity contribution in [2.75, 3.05) is 65.6 Å². The second-order valence-electron chi connectivity index (χ2n) is 5.81. The zero-order chi connectivity index (χ0) is 13.2. The monoisotopic (exact) mass is 269 g/mol. The van der Waals surface area contributed by atoms with E-state index in [1.165, 1.54) is 64.8 Å². The van der Waals surface area contributed by atoms with E-state index in [2.05, 4.69) is 15.1 Å². The average Bonchev–Trinajstić information content (AvgIpc) is 2.96. The summed E-state index contributed by atoms with van der Waals surface area (Å²) >= 11 is 0. The molecule has 0 bridgehead atoms. The van der Waals surface area contributed by atoms with Crippen LogP contribution in [0.15, 0.2) is 0 Å². The number of hydrogen-bond donors (Lipinski definition) is 1. The third kappa shape index (κ3) is 6.70. The molecule has 0 atom stereocenters. The lowest BCUT2D eigenvalue weighted by Gasteiger charge is -2.26. The Morgan fingerprint density at radius 2 is 1.32 bits per heavy atom. The van der Waals surface area contributed by atoms with Gasteiger partial charge in [-0.1, -0.05) is 6.42 Å². The molecule has 0 aromatic carbocycles. The van der Waals surface area contributed by atoms with E-state index in [0.29, 0.717) is 0 Å². The smallest absolute Gasteiger partial charge is 0.0594 e. The zero-order valence-electron chi connectivity index (χ0n) is 12.4. The molecule has 0 radical (unpaired) electrons. The van der Waals surface area contributed by atoms with E-state index in [9.17, 15) is 0 Å². The predicted octanol–water partition coefficient (Wildman–Crippen LogP) is 1.17. The lowest BCUT2D eigenvalue weighted by Crippen LogP contribution is -2.34. The first kappa shape index (κ1) is 15.2. The van der Waals surface area contributed by atoms with Crippen LogP contribution in [0.4, 0.5) is 0 Å². The lowest BCUT2D eigenvalue weighted by atomic mass is 10.1. The van der Waals surface area contributed by atoms with Gasteiger partial charge in [0, 0.05) is 26.2 Å². The molecule has 2 heterocycles. The van der Waals surface area contributed by atoms with Crippen LogP contribution in [-0.2, 0) is 4.74 Å². The summed E-state index contributed by atoms with van der Waals surface area (Å²) in [6.45, 7) is 11.3. The molecule has 2 rings (SSSR count). The van der Waals surface area contributed by atoms with Gasteiger partial charge in [-0.2, -0.15) is 0 Å². The Morgan fingerprint density at radius 1 is 0.684 bits per heavy atom. The number of nitrogens with one attached hydrogen (secondary N) is 1. The van der Waals surface area contributed by atoms with Crippen LogP contribution in [0.3, 0.4) is 0 Å². The van der Waals surface area contributed by atoms with Gasteiger partial charge in [-0.3, -0.25) is 0 Å². The largest absolute Gasteiger partial charge is 0.379 e. The maximum atomic E-state index is 5.69. The first-order chi connectivity index (χ1) is 9.45. The van der Waals surface area contributed by atoms with Crippen LogP contribution in [0.5, 0.6) is 0 Å². The topological polar surface area (TPSA) is 27.7 Å². The van der Waals surface area contributed by atoms with Gasteiger partial charge in [-0.05, 0) is 51.9 Å². The summed E-state index contributed by atoms with van der Waals surface area (Å²) in [7, 11) is 0. The fraction of sp³-hybridized carbons (Fsp3) is 1.00. The Bertz CT molecular complexity index is 213. The fourth-order valence-corrected chi connectivity index (χ4v) is 2.99. The van der Waals surface area contributed by atoms with Crippen molar-refractivity contribution in [1.82, 2.24) is 15.1 Å². The fourth-order valence-electron chi connectivity index (χ4n) is 2.99. The molecule has 0 aromatic heterocycles. The van der Waals surface area contributed by atoms with E-state index < -0.39 is 0 Å². The molecule has 2 aliphatic heterocycles. The molecular formula is C15H31N3O. The van der Waals surface area contributed by atoms with Gasteiger partial charge < -0.3 is 19.9 Å². The molecule has 112 valence electrons. The van der Waals surface area contributed by atoms with Crippen molar-refractivity contribution in [3.8, 4) is 0 Å². The number of nitrogens with zero attached hydrogens (tertiary/aromatic N) is 2. The highest BCUT2D eigenvalue weighted by Crippen LogP contribution is 2.07. The van der Waals surface area contributed by atoms with Crippen molar-refractivity contribution in [2.45, 2.75) is 32.1 Å². The number of piperidine rings is 1. The van der Waals surface area contributed by atoms with Gasteiger partial charge in [0.25, 0.3) is 0 Å². The summed E-state index contributed by atoms with van der Waals surface area (Å²) in [5.74, 6) is 0. The number of rotatable bonds is 9. The van der Waals surface area contributed by atoms with Gasteiger partial charge in [0.1, 0.15) is 0 Å². The van der Waals surface area contributed by atoms with Gasteiger partial charge >= 0.3 is 0 Å². The molecule has 2 aliphatic rings. The van der Waals surface area contributed by atoms with E-state index in [-0.39, 0.29) is 0 Å². The molecule has 2 fully saturated rings. The molecular weight excluding hydrogens is 238 g/mol. The van der Waals surface area contributed by atoms with E-state index in [1.54, 1.807) is 0 Å². The summed E-state index contributed by atoms with van der Waals surface area (Å²) in [4.78, 5) is 5.08. The quantitative estimate of drug-likeness (QED) is 0.636. The third-order valence-electron chi connectivity index (χ3n) is 4.23. The second-order valence-corrected chi connectivity index (χ2v) is 5.81. The van der Waals surface area contributed by atoms with Crippen LogP contribution < -0.4 is 5.32 Å². The Hall–Kier alpha value is -0.160. The molecule has 2 saturated heterocycles. The number of likely N-dealkylation sites (tertiary alicyclic amines) is 2. The van der Waals surface area contributed by atoms with E-state index in [1.807, 2.05) is 0 Å². The van der Waals surface area contributed by atoms with Crippen LogP contribution in [0, 0.1) is 0 Å². The standard InChI is InChI=1S/C15H31N3O/c1-2-8-18(9-3-1)13-15-19-14-7-16-6-12-17-10-4-5-11-17/h16H,1-15H2. The van der Waals surface area contributed by atoms with Crippen molar-refractivity contribution in [3.05, 3.63) is 0 Å². The van der Waals surface area contributed by atoms with E-state index >= 15 is 0 Å². The minimum Gasteiger partial charge on any atom is -0.379 e. The van der Waals surface area contributed by atoms with Crippen LogP contribution in [0.2, 0.25) is 0 Å². The van der Waals surface area contributed by atoms with E-state index in [4.69, 9.17) is 4.74 Å². The van der Waals surface area contributed by atoms with Crippen LogP contribution in [0.25, 0.3) is 0 Å². The second kappa shape index (κ2) is 9.70. The summed E-state index contributed by atoms with van der Waals surface area (Å²) < 4.78 is 5.69. The van der Waals surface area contributed by atoms with Crippen LogP contribution in [0.1, 0.15) is 32.1 Å². The highest BCUT2D eigenvalue weighted by atomic mass is 16.5. The molecule has 0 aromatic rings. The van der Waals surface area contributed by atoms with Gasteiger partial charge in [-0.15, -0.1) is 0 Å². The maximum Gasteiger partial charge on any atom is 0.0594 e. The SMILES string of the molecule is C1CCN(CCOCCNCCN2CCCC2)CC1. The Balaban J connectivity index is 1.32. The predicted molar refractivity (Wildman–Crippen MR) is 79.7 cm³/mol. The lowest BCUT2D eigenvalue weighted by molar-refractivity contribution is 0.0977. The molecule has 0 unspecified atom stereocenters. The Labute approximate surface area is 118 Å². The minimum atomic E-state index is 0.855. The molecule has 1 N–H and O–H groups in total. The average molecular weight is 269 g/mol. The molecule has 0 saturated carbocycles. The summed E-state index contributed by atoms with van der Waals surface area (Å²) in [6.07, 6.45) is 6.94. The van der Waals surface area contributed by atoms with Crippen molar-refractivity contribution >= 4 is 0 Å². The maximum absolute atomic E-state index is 5.69. The van der Waals surface area contributed by atoms with Crippen LogP contribution >= 0.6 is 0 Å². The Morgan fingerprint density at radius 3 is 2.05 bits per heavy atom. The van der Waals surface area contributed by atoms with Crippen molar-refractivity contribution in [2.24, 2.45) is 0 Å². The van der Waals surface area contributed by atoms with Crippen molar-refractivity contribution in [3.63, 3.8) is 0 Å². The Kier molecular flexibility index (Phi) is 7.78. The summed E-state index contributed by atoms with van der Waals surface area (Å²) in [6, 6.07) is 0. The third-order valence-corrected chi connectivity index (χ3v) is 4.23. The van der Waals surface area contributed by atoms with Gasteiger partial charge in [-0.25, -0.2) is 0 Å². The molecule has 4 nitrogen and oxygen atoms in total. The molecule has 0 spiro atoms. The summed E-state index contributed by atoms with van der Waals surface area (Å²) in [5, 5.41) is 3.47. The van der Waals surface area contributed by atoms with Crippen molar-refractivity contribution < 1.29 is 4.74 Å². The number of hydrogen-bond acceptors (Lipinski definition) is 4. The van der Waals surface area contributed by atoms with Gasteiger partial charge in [0.05, 0.1) is 13.2 Å². The summed E-state index contributed by atoms with van der Waals surface area (Å²) in [5.41, 5.74) is 0. The zero-order valence-corrected chi connectivity index (χ0v) is 12.4. The minimum absolute atomic E-state index is 0.855. The van der Waals surface area contributed by atoms with Crippen LogP contribution in [-0.4, -0.2) is 75.4 Å². The first-order valence-electron chi connectivity index (χ1n) is 8.18. The molecule has 4 heteroatoms.